The molecule has 2 aliphatic heterocycles. The van der Waals surface area contributed by atoms with E-state index in [9.17, 15) is 13.2 Å². The van der Waals surface area contributed by atoms with Crippen molar-refractivity contribution in [3.8, 4) is 6.07 Å². The van der Waals surface area contributed by atoms with Crippen LogP contribution in [0.5, 0.6) is 0 Å². The first-order valence-electron chi connectivity index (χ1n) is 11.9. The Balaban J connectivity index is 1.38. The van der Waals surface area contributed by atoms with Crippen LogP contribution in [0.4, 0.5) is 10.5 Å². The van der Waals surface area contributed by atoms with Crippen molar-refractivity contribution in [2.75, 3.05) is 25.0 Å². The highest BCUT2D eigenvalue weighted by atomic mass is 35.5. The van der Waals surface area contributed by atoms with Crippen LogP contribution in [0.25, 0.3) is 0 Å². The van der Waals surface area contributed by atoms with Crippen LogP contribution in [0.2, 0.25) is 5.02 Å². The summed E-state index contributed by atoms with van der Waals surface area (Å²) in [5, 5.41) is 12.3. The number of amides is 1. The molecular formula is C27H25ClN4O4S. The fourth-order valence-corrected chi connectivity index (χ4v) is 6.44. The molecule has 5 rings (SSSR count). The van der Waals surface area contributed by atoms with Crippen LogP contribution in [0.3, 0.4) is 0 Å². The maximum absolute atomic E-state index is 13.2. The number of fused-ring (bicyclic) bond motifs is 2. The number of sulfonamides is 1. The second-order valence-corrected chi connectivity index (χ2v) is 11.5. The largest absolute Gasteiger partial charge is 0.436 e. The predicted molar refractivity (Wildman–Crippen MR) is 140 cm³/mol. The number of halogens is 1. The fraction of sp³-hybridized carbons (Fsp3) is 0.259. The average Bonchev–Trinajstić information content (AvgIpc) is 3.27. The van der Waals surface area contributed by atoms with E-state index in [4.69, 9.17) is 21.6 Å². The molecule has 1 saturated heterocycles. The molecule has 0 aromatic heterocycles. The Hall–Kier alpha value is -3.42. The number of nitrogens with one attached hydrogen (secondary N) is 2. The second kappa shape index (κ2) is 10.1. The molecule has 0 radical (unpaired) electrons. The molecule has 0 aliphatic carbocycles. The van der Waals surface area contributed by atoms with Gasteiger partial charge in [0.05, 0.1) is 22.2 Å². The smallest absolute Gasteiger partial charge is 0.412 e. The van der Waals surface area contributed by atoms with E-state index < -0.39 is 27.8 Å². The second-order valence-electron chi connectivity index (χ2n) is 9.33. The van der Waals surface area contributed by atoms with Crippen LogP contribution in [-0.4, -0.2) is 45.1 Å². The lowest BCUT2D eigenvalue weighted by Gasteiger charge is -2.36. The number of nitrogens with zero attached hydrogens (tertiary/aromatic N) is 2. The van der Waals surface area contributed by atoms with Crippen molar-refractivity contribution in [3.05, 3.63) is 94.5 Å². The van der Waals surface area contributed by atoms with Crippen LogP contribution in [0.1, 0.15) is 23.1 Å². The first kappa shape index (κ1) is 25.2. The minimum Gasteiger partial charge on any atom is -0.436 e. The summed E-state index contributed by atoms with van der Waals surface area (Å²) >= 11 is 6.26. The third kappa shape index (κ3) is 5.48. The molecule has 3 aromatic rings. The zero-order chi connectivity index (χ0) is 26.0. The Labute approximate surface area is 220 Å². The van der Waals surface area contributed by atoms with E-state index in [1.165, 1.54) is 24.3 Å². The van der Waals surface area contributed by atoms with Crippen LogP contribution < -0.4 is 10.0 Å². The highest BCUT2D eigenvalue weighted by molar-refractivity contribution is 7.89. The predicted octanol–water partition coefficient (Wildman–Crippen LogP) is 4.26. The number of ether oxygens (including phenoxy) is 1. The molecular weight excluding hydrogens is 512 g/mol. The molecule has 10 heteroatoms. The maximum atomic E-state index is 13.2. The number of anilines is 1. The van der Waals surface area contributed by atoms with Crippen molar-refractivity contribution in [3.63, 3.8) is 0 Å². The highest BCUT2D eigenvalue weighted by Gasteiger charge is 2.47. The van der Waals surface area contributed by atoms with Gasteiger partial charge in [0.25, 0.3) is 0 Å². The maximum Gasteiger partial charge on any atom is 0.412 e. The van der Waals surface area contributed by atoms with Gasteiger partial charge in [-0.25, -0.2) is 17.9 Å². The summed E-state index contributed by atoms with van der Waals surface area (Å²) in [5.41, 5.74) is 2.02. The monoisotopic (exact) mass is 536 g/mol. The van der Waals surface area contributed by atoms with Gasteiger partial charge >= 0.3 is 6.09 Å². The SMILES string of the molecule is N#Cc1ccc(S(=O)(=O)N[C@@H](Cc2ccccc2)CN2CCC3(C2)OC(=O)Nc2ccc(Cl)cc23)cc1. The number of carbonyl (C=O) groups is 1. The van der Waals surface area contributed by atoms with Gasteiger partial charge in [-0.2, -0.15) is 5.26 Å². The number of likely N-dealkylation sites (tertiary alicyclic amines) is 1. The first-order chi connectivity index (χ1) is 17.8. The van der Waals surface area contributed by atoms with E-state index in [0.29, 0.717) is 48.7 Å². The van der Waals surface area contributed by atoms with Crippen LogP contribution in [-0.2, 0) is 26.8 Å². The van der Waals surface area contributed by atoms with Gasteiger partial charge in [-0.05, 0) is 54.4 Å². The number of benzene rings is 3. The van der Waals surface area contributed by atoms with Gasteiger partial charge in [0, 0.05) is 42.7 Å². The number of hydrogen-bond donors (Lipinski definition) is 2. The molecule has 2 atom stereocenters. The normalized spacial score (nSPS) is 20.1. The van der Waals surface area contributed by atoms with Gasteiger partial charge in [-0.3, -0.25) is 10.2 Å². The number of rotatable bonds is 7. The summed E-state index contributed by atoms with van der Waals surface area (Å²) in [4.78, 5) is 14.5. The summed E-state index contributed by atoms with van der Waals surface area (Å²) in [6, 6.07) is 22.4. The third-order valence-corrected chi connectivity index (χ3v) is 8.50. The summed E-state index contributed by atoms with van der Waals surface area (Å²) in [6.45, 7) is 1.44. The van der Waals surface area contributed by atoms with E-state index in [0.717, 1.165) is 11.1 Å². The quantitative estimate of drug-likeness (QED) is 0.466. The van der Waals surface area contributed by atoms with Gasteiger partial charge in [0.15, 0.2) is 5.60 Å². The standard InChI is InChI=1S/C27H25ClN4O4S/c28-21-8-11-25-24(15-21)27(36-26(33)30-25)12-13-32(18-27)17-22(14-19-4-2-1-3-5-19)31-37(34,35)23-9-6-20(16-29)7-10-23/h1-11,15,22,31H,12-14,17-18H2,(H,30,33)/t22-,27?/m0/s1. The van der Waals surface area contributed by atoms with E-state index in [1.54, 1.807) is 12.1 Å². The third-order valence-electron chi connectivity index (χ3n) is 6.73. The Morgan fingerprint density at radius 1 is 1.14 bits per heavy atom. The molecule has 1 fully saturated rings. The molecule has 1 unspecified atom stereocenters. The molecule has 2 aliphatic rings. The van der Waals surface area contributed by atoms with Gasteiger partial charge in [0.1, 0.15) is 0 Å². The van der Waals surface area contributed by atoms with Gasteiger partial charge in [0.2, 0.25) is 10.0 Å². The van der Waals surface area contributed by atoms with Crippen molar-refractivity contribution in [2.24, 2.45) is 0 Å². The average molecular weight is 537 g/mol. The van der Waals surface area contributed by atoms with E-state index >= 15 is 0 Å². The molecule has 1 spiro atoms. The van der Waals surface area contributed by atoms with E-state index in [2.05, 4.69) is 14.9 Å². The summed E-state index contributed by atoms with van der Waals surface area (Å²) in [5.74, 6) is 0. The summed E-state index contributed by atoms with van der Waals surface area (Å²) in [7, 11) is -3.84. The number of carbonyl (C=O) groups excluding carboxylic acids is 1. The van der Waals surface area contributed by atoms with Crippen molar-refractivity contribution < 1.29 is 17.9 Å². The lowest BCUT2D eigenvalue weighted by Crippen LogP contribution is -2.46. The molecule has 190 valence electrons. The van der Waals surface area contributed by atoms with Gasteiger partial charge in [-0.1, -0.05) is 41.9 Å². The van der Waals surface area contributed by atoms with E-state index in [1.807, 2.05) is 42.5 Å². The van der Waals surface area contributed by atoms with Crippen molar-refractivity contribution in [1.29, 1.82) is 5.26 Å². The molecule has 2 N–H and O–H groups in total. The lowest BCUT2D eigenvalue weighted by atomic mass is 9.90. The highest BCUT2D eigenvalue weighted by Crippen LogP contribution is 2.43. The van der Waals surface area contributed by atoms with Crippen LogP contribution >= 0.6 is 11.6 Å². The molecule has 0 saturated carbocycles. The Morgan fingerprint density at radius 3 is 2.62 bits per heavy atom. The van der Waals surface area contributed by atoms with Crippen molar-refractivity contribution in [2.45, 2.75) is 29.4 Å². The minimum absolute atomic E-state index is 0.0957. The van der Waals surface area contributed by atoms with Gasteiger partial charge in [-0.15, -0.1) is 0 Å². The molecule has 1 amide bonds. The van der Waals surface area contributed by atoms with Crippen molar-refractivity contribution in [1.82, 2.24) is 9.62 Å². The molecule has 0 bridgehead atoms. The topological polar surface area (TPSA) is 112 Å². The number of nitriles is 1. The number of hydrogen-bond acceptors (Lipinski definition) is 6. The molecule has 2 heterocycles. The lowest BCUT2D eigenvalue weighted by molar-refractivity contribution is 0.0186. The first-order valence-corrected chi connectivity index (χ1v) is 13.7. The Bertz CT molecular complexity index is 1460. The van der Waals surface area contributed by atoms with E-state index in [-0.39, 0.29) is 4.90 Å². The zero-order valence-electron chi connectivity index (χ0n) is 19.9. The summed E-state index contributed by atoms with van der Waals surface area (Å²) < 4.78 is 35.2. The van der Waals surface area contributed by atoms with Crippen LogP contribution in [0.15, 0.2) is 77.7 Å². The van der Waals surface area contributed by atoms with Gasteiger partial charge < -0.3 is 4.74 Å². The molecule has 37 heavy (non-hydrogen) atoms. The molecule has 8 nitrogen and oxygen atoms in total. The fourth-order valence-electron chi connectivity index (χ4n) is 5.04. The summed E-state index contributed by atoms with van der Waals surface area (Å²) in [6.07, 6.45) is 0.525. The Morgan fingerprint density at radius 2 is 1.89 bits per heavy atom. The van der Waals surface area contributed by atoms with Crippen LogP contribution in [0, 0.1) is 11.3 Å². The Kier molecular flexibility index (Phi) is 6.92. The van der Waals surface area contributed by atoms with Crippen molar-refractivity contribution >= 4 is 33.4 Å². The minimum atomic E-state index is -3.84. The molecule has 3 aromatic carbocycles. The zero-order valence-corrected chi connectivity index (χ0v) is 21.4.